The Morgan fingerprint density at radius 2 is 1.66 bits per heavy atom. The number of nitrogens with zero attached hydrogens (tertiary/aromatic N) is 2. The van der Waals surface area contributed by atoms with E-state index < -0.39 is 0 Å². The summed E-state index contributed by atoms with van der Waals surface area (Å²) in [6.45, 7) is 7.53. The summed E-state index contributed by atoms with van der Waals surface area (Å²) >= 11 is 0. The first-order chi connectivity index (χ1) is 15.6. The lowest BCUT2D eigenvalue weighted by Gasteiger charge is -2.14. The van der Waals surface area contributed by atoms with Gasteiger partial charge in [0.1, 0.15) is 25.2 Å². The molecule has 0 fully saturated rings. The van der Waals surface area contributed by atoms with Crippen LogP contribution in [0.5, 0.6) is 11.5 Å². The Morgan fingerprint density at radius 1 is 0.938 bits per heavy atom. The first-order valence-electron chi connectivity index (χ1n) is 11.6. The zero-order valence-electron chi connectivity index (χ0n) is 20.1. The highest BCUT2D eigenvalue weighted by Crippen LogP contribution is 2.28. The van der Waals surface area contributed by atoms with Gasteiger partial charge in [-0.05, 0) is 75.4 Å². The van der Waals surface area contributed by atoms with E-state index in [1.165, 1.54) is 39.2 Å². The van der Waals surface area contributed by atoms with Gasteiger partial charge >= 0.3 is 0 Å². The van der Waals surface area contributed by atoms with Gasteiger partial charge in [-0.15, -0.1) is 0 Å². The van der Waals surface area contributed by atoms with Crippen molar-refractivity contribution in [2.24, 2.45) is 5.16 Å². The van der Waals surface area contributed by atoms with Crippen LogP contribution in [0.4, 0.5) is 0 Å². The Labute approximate surface area is 193 Å². The molecule has 0 aliphatic carbocycles. The minimum absolute atomic E-state index is 0.600. The summed E-state index contributed by atoms with van der Waals surface area (Å²) in [7, 11) is 1.54. The highest BCUT2D eigenvalue weighted by atomic mass is 16.6. The van der Waals surface area contributed by atoms with Crippen LogP contribution in [0.2, 0.25) is 0 Å². The zero-order chi connectivity index (χ0) is 23.0. The van der Waals surface area contributed by atoms with E-state index in [0.29, 0.717) is 6.61 Å². The van der Waals surface area contributed by atoms with Crippen LogP contribution >= 0.6 is 0 Å². The SMILES string of the molecule is C/C=C/COc1cc(C)c(OCCCCCCCCc2ccc(/C=N/OC)cn2)c(C)c1. The number of aryl methyl sites for hydroxylation is 3. The molecular formula is C27H38N2O3. The molecule has 0 radical (unpaired) electrons. The summed E-state index contributed by atoms with van der Waals surface area (Å²) in [6, 6.07) is 8.21. The van der Waals surface area contributed by atoms with Crippen molar-refractivity contribution in [2.75, 3.05) is 20.3 Å². The second-order valence-corrected chi connectivity index (χ2v) is 7.99. The Kier molecular flexibility index (Phi) is 12.0. The molecule has 0 saturated carbocycles. The van der Waals surface area contributed by atoms with Gasteiger partial charge in [-0.3, -0.25) is 4.98 Å². The number of unbranched alkanes of at least 4 members (excludes halogenated alkanes) is 5. The molecule has 2 rings (SSSR count). The lowest BCUT2D eigenvalue weighted by molar-refractivity contribution is 0.215. The molecule has 1 heterocycles. The van der Waals surface area contributed by atoms with Crippen molar-refractivity contribution < 1.29 is 14.3 Å². The molecule has 1 aromatic heterocycles. The lowest BCUT2D eigenvalue weighted by atomic mass is 10.1. The number of ether oxygens (including phenoxy) is 2. The van der Waals surface area contributed by atoms with E-state index in [9.17, 15) is 0 Å². The molecule has 0 amide bonds. The van der Waals surface area contributed by atoms with Gasteiger partial charge < -0.3 is 14.3 Å². The Hall–Kier alpha value is -2.82. The molecule has 0 bridgehead atoms. The maximum absolute atomic E-state index is 6.07. The molecule has 0 atom stereocenters. The van der Waals surface area contributed by atoms with Crippen LogP contribution in [0.15, 0.2) is 47.8 Å². The van der Waals surface area contributed by atoms with Crippen LogP contribution < -0.4 is 9.47 Å². The molecule has 5 heteroatoms. The summed E-state index contributed by atoms with van der Waals surface area (Å²) in [6.07, 6.45) is 15.7. The van der Waals surface area contributed by atoms with Crippen molar-refractivity contribution in [3.05, 3.63) is 65.0 Å². The van der Waals surface area contributed by atoms with Crippen molar-refractivity contribution in [1.29, 1.82) is 0 Å². The number of pyridine rings is 1. The van der Waals surface area contributed by atoms with E-state index in [-0.39, 0.29) is 0 Å². The van der Waals surface area contributed by atoms with Gasteiger partial charge in [0.15, 0.2) is 0 Å². The standard InChI is InChI=1S/C27H38N2O3/c1-5-6-16-31-26-18-22(2)27(23(3)19-26)32-17-12-10-8-7-9-11-13-25-15-14-24(20-28-25)21-29-30-4/h5-6,14-15,18-21H,7-13,16-17H2,1-4H3/b6-5+,29-21+. The molecule has 0 spiro atoms. The van der Waals surface area contributed by atoms with Gasteiger partial charge in [0.25, 0.3) is 0 Å². The number of oxime groups is 1. The van der Waals surface area contributed by atoms with Gasteiger partial charge in [-0.2, -0.15) is 0 Å². The molecule has 32 heavy (non-hydrogen) atoms. The third-order valence-corrected chi connectivity index (χ3v) is 5.24. The maximum atomic E-state index is 6.07. The molecule has 0 aliphatic heterocycles. The molecule has 5 nitrogen and oxygen atoms in total. The molecule has 0 aliphatic rings. The molecular weight excluding hydrogens is 400 g/mol. The molecule has 0 N–H and O–H groups in total. The van der Waals surface area contributed by atoms with Gasteiger partial charge in [-0.1, -0.05) is 43.0 Å². The first-order valence-corrected chi connectivity index (χ1v) is 11.6. The van der Waals surface area contributed by atoms with E-state index in [4.69, 9.17) is 9.47 Å². The van der Waals surface area contributed by atoms with Gasteiger partial charge in [0.05, 0.1) is 12.8 Å². The predicted octanol–water partition coefficient (Wildman–Crippen LogP) is 6.60. The second kappa shape index (κ2) is 15.1. The lowest BCUT2D eigenvalue weighted by Crippen LogP contribution is -2.02. The van der Waals surface area contributed by atoms with E-state index in [1.807, 2.05) is 31.3 Å². The van der Waals surface area contributed by atoms with Crippen molar-refractivity contribution in [3.8, 4) is 11.5 Å². The van der Waals surface area contributed by atoms with Crippen LogP contribution in [-0.2, 0) is 11.3 Å². The number of hydrogen-bond acceptors (Lipinski definition) is 5. The summed E-state index contributed by atoms with van der Waals surface area (Å²) in [4.78, 5) is 9.16. The summed E-state index contributed by atoms with van der Waals surface area (Å²) in [5.74, 6) is 1.90. The highest BCUT2D eigenvalue weighted by molar-refractivity contribution is 5.78. The van der Waals surface area contributed by atoms with E-state index in [0.717, 1.165) is 53.3 Å². The fourth-order valence-corrected chi connectivity index (χ4v) is 3.53. The minimum atomic E-state index is 0.600. The Balaban J connectivity index is 1.56. The topological polar surface area (TPSA) is 52.9 Å². The van der Waals surface area contributed by atoms with Crippen LogP contribution in [-0.4, -0.2) is 31.5 Å². The average molecular weight is 439 g/mol. The summed E-state index contributed by atoms with van der Waals surface area (Å²) in [5.41, 5.74) is 4.36. The van der Waals surface area contributed by atoms with Crippen molar-refractivity contribution in [3.63, 3.8) is 0 Å². The van der Waals surface area contributed by atoms with Crippen LogP contribution in [0.25, 0.3) is 0 Å². The number of allylic oxidation sites excluding steroid dienone is 1. The van der Waals surface area contributed by atoms with Gasteiger partial charge in [0, 0.05) is 17.5 Å². The second-order valence-electron chi connectivity index (χ2n) is 7.99. The maximum Gasteiger partial charge on any atom is 0.125 e. The van der Waals surface area contributed by atoms with Crippen molar-refractivity contribution in [2.45, 2.75) is 65.7 Å². The Morgan fingerprint density at radius 3 is 2.31 bits per heavy atom. The van der Waals surface area contributed by atoms with Crippen LogP contribution in [0, 0.1) is 13.8 Å². The average Bonchev–Trinajstić information content (AvgIpc) is 2.79. The minimum Gasteiger partial charge on any atom is -0.493 e. The normalized spacial score (nSPS) is 11.4. The quantitative estimate of drug-likeness (QED) is 0.136. The number of hydrogen-bond donors (Lipinski definition) is 0. The highest BCUT2D eigenvalue weighted by Gasteiger charge is 2.07. The molecule has 174 valence electrons. The first kappa shape index (κ1) is 25.4. The monoisotopic (exact) mass is 438 g/mol. The summed E-state index contributed by atoms with van der Waals surface area (Å²) in [5, 5.41) is 3.75. The number of aromatic nitrogens is 1. The third kappa shape index (κ3) is 9.54. The molecule has 2 aromatic rings. The van der Waals surface area contributed by atoms with E-state index >= 15 is 0 Å². The zero-order valence-corrected chi connectivity index (χ0v) is 20.1. The predicted molar refractivity (Wildman–Crippen MR) is 132 cm³/mol. The number of benzene rings is 1. The van der Waals surface area contributed by atoms with Crippen LogP contribution in [0.3, 0.4) is 0 Å². The van der Waals surface area contributed by atoms with Gasteiger partial charge in [-0.25, -0.2) is 0 Å². The molecule has 0 saturated heterocycles. The largest absolute Gasteiger partial charge is 0.493 e. The Bertz CT molecular complexity index is 821. The van der Waals surface area contributed by atoms with E-state index in [2.05, 4.69) is 47.0 Å². The molecule has 0 unspecified atom stereocenters. The summed E-state index contributed by atoms with van der Waals surface area (Å²) < 4.78 is 11.8. The third-order valence-electron chi connectivity index (χ3n) is 5.24. The van der Waals surface area contributed by atoms with Crippen molar-refractivity contribution in [1.82, 2.24) is 4.98 Å². The fourth-order valence-electron chi connectivity index (χ4n) is 3.53. The van der Waals surface area contributed by atoms with Crippen molar-refractivity contribution >= 4 is 6.21 Å². The number of rotatable bonds is 15. The smallest absolute Gasteiger partial charge is 0.125 e. The molecule has 1 aromatic carbocycles. The fraction of sp³-hybridized carbons (Fsp3) is 0.481. The van der Waals surface area contributed by atoms with E-state index in [1.54, 1.807) is 6.21 Å². The van der Waals surface area contributed by atoms with Crippen LogP contribution in [0.1, 0.15) is 67.8 Å². The van der Waals surface area contributed by atoms with Gasteiger partial charge in [0.2, 0.25) is 0 Å².